The SMILES string of the molecule is COC[C@H](C)N=C1NN=C(c2ccc(OC)c(OC)c2)CS1. The molecule has 0 spiro atoms. The molecule has 0 amide bonds. The van der Waals surface area contributed by atoms with Crippen molar-refractivity contribution in [3.05, 3.63) is 23.8 Å². The normalized spacial score (nSPS) is 17.6. The van der Waals surface area contributed by atoms with Crippen molar-refractivity contribution < 1.29 is 14.2 Å². The average Bonchev–Trinajstić information content (AvgIpc) is 2.55. The second kappa shape index (κ2) is 8.05. The molecule has 120 valence electrons. The summed E-state index contributed by atoms with van der Waals surface area (Å²) in [6.07, 6.45) is 0. The number of hydrogen-bond acceptors (Lipinski definition) is 6. The van der Waals surface area contributed by atoms with Crippen LogP contribution in [0.15, 0.2) is 28.3 Å². The number of methoxy groups -OCH3 is 3. The lowest BCUT2D eigenvalue weighted by atomic mass is 10.1. The zero-order chi connectivity index (χ0) is 15.9. The first-order chi connectivity index (χ1) is 10.7. The highest BCUT2D eigenvalue weighted by atomic mass is 32.2. The molecule has 0 radical (unpaired) electrons. The third-order valence-electron chi connectivity index (χ3n) is 3.09. The van der Waals surface area contributed by atoms with Gasteiger partial charge >= 0.3 is 0 Å². The van der Waals surface area contributed by atoms with E-state index < -0.39 is 0 Å². The van der Waals surface area contributed by atoms with Gasteiger partial charge in [-0.15, -0.1) is 0 Å². The summed E-state index contributed by atoms with van der Waals surface area (Å²) in [6, 6.07) is 5.89. The fourth-order valence-corrected chi connectivity index (χ4v) is 2.89. The van der Waals surface area contributed by atoms with Crippen molar-refractivity contribution >= 4 is 22.6 Å². The molecule has 1 atom stereocenters. The Morgan fingerprint density at radius 3 is 2.64 bits per heavy atom. The van der Waals surface area contributed by atoms with Crippen molar-refractivity contribution in [2.75, 3.05) is 33.7 Å². The third kappa shape index (κ3) is 4.14. The Labute approximate surface area is 134 Å². The van der Waals surface area contributed by atoms with Gasteiger partial charge in [0.05, 0.1) is 32.6 Å². The Balaban J connectivity index is 2.11. The number of amidine groups is 1. The maximum Gasteiger partial charge on any atom is 0.177 e. The first-order valence-corrected chi connectivity index (χ1v) is 7.91. The van der Waals surface area contributed by atoms with Gasteiger partial charge in [0.15, 0.2) is 16.7 Å². The predicted molar refractivity (Wildman–Crippen MR) is 90.4 cm³/mol. The zero-order valence-electron chi connectivity index (χ0n) is 13.3. The minimum absolute atomic E-state index is 0.109. The first kappa shape index (κ1) is 16.6. The van der Waals surface area contributed by atoms with E-state index in [0.29, 0.717) is 18.1 Å². The number of hydrogen-bond donors (Lipinski definition) is 1. The topological polar surface area (TPSA) is 64.4 Å². The minimum Gasteiger partial charge on any atom is -0.493 e. The Hall–Kier alpha value is -1.73. The van der Waals surface area contributed by atoms with Crippen LogP contribution in [-0.4, -0.2) is 50.6 Å². The van der Waals surface area contributed by atoms with Crippen molar-refractivity contribution in [3.63, 3.8) is 0 Å². The Kier molecular flexibility index (Phi) is 6.09. The highest BCUT2D eigenvalue weighted by Crippen LogP contribution is 2.28. The number of benzene rings is 1. The molecular formula is C15H21N3O3S. The van der Waals surface area contributed by atoms with Gasteiger partial charge in [0.2, 0.25) is 0 Å². The van der Waals surface area contributed by atoms with E-state index in [4.69, 9.17) is 14.2 Å². The summed E-state index contributed by atoms with van der Waals surface area (Å²) in [5.74, 6) is 2.15. The molecule has 1 aromatic carbocycles. The van der Waals surface area contributed by atoms with E-state index in [2.05, 4.69) is 15.5 Å². The maximum absolute atomic E-state index is 5.32. The van der Waals surface area contributed by atoms with E-state index in [1.54, 1.807) is 33.1 Å². The van der Waals surface area contributed by atoms with Crippen LogP contribution < -0.4 is 14.9 Å². The van der Waals surface area contributed by atoms with Crippen LogP contribution in [0.1, 0.15) is 12.5 Å². The van der Waals surface area contributed by atoms with Gasteiger partial charge < -0.3 is 14.2 Å². The quantitative estimate of drug-likeness (QED) is 0.869. The van der Waals surface area contributed by atoms with E-state index in [0.717, 1.165) is 22.2 Å². The van der Waals surface area contributed by atoms with Crippen molar-refractivity contribution in [2.45, 2.75) is 13.0 Å². The lowest BCUT2D eigenvalue weighted by Crippen LogP contribution is -2.27. The summed E-state index contributed by atoms with van der Waals surface area (Å²) in [5.41, 5.74) is 4.95. The van der Waals surface area contributed by atoms with E-state index >= 15 is 0 Å². The third-order valence-corrected chi connectivity index (χ3v) is 3.98. The highest BCUT2D eigenvalue weighted by molar-refractivity contribution is 8.14. The molecule has 0 aliphatic carbocycles. The van der Waals surface area contributed by atoms with Crippen LogP contribution in [0.4, 0.5) is 0 Å². The molecule has 2 rings (SSSR count). The number of rotatable bonds is 6. The molecule has 7 heteroatoms. The Bertz CT molecular complexity index is 575. The number of ether oxygens (including phenoxy) is 3. The molecule has 0 fully saturated rings. The van der Waals surface area contributed by atoms with Gasteiger partial charge in [-0.25, -0.2) is 0 Å². The van der Waals surface area contributed by atoms with Gasteiger partial charge in [-0.3, -0.25) is 10.4 Å². The second-order valence-corrected chi connectivity index (χ2v) is 5.73. The second-order valence-electron chi connectivity index (χ2n) is 4.77. The summed E-state index contributed by atoms with van der Waals surface area (Å²) in [5, 5.41) is 5.22. The van der Waals surface area contributed by atoms with Crippen molar-refractivity contribution in [2.24, 2.45) is 10.1 Å². The predicted octanol–water partition coefficient (Wildman–Crippen LogP) is 2.14. The van der Waals surface area contributed by atoms with Crippen LogP contribution in [0.2, 0.25) is 0 Å². The average molecular weight is 323 g/mol. The maximum atomic E-state index is 5.32. The van der Waals surface area contributed by atoms with Crippen LogP contribution in [-0.2, 0) is 4.74 Å². The lowest BCUT2D eigenvalue weighted by Gasteiger charge is -2.17. The summed E-state index contributed by atoms with van der Waals surface area (Å²) in [4.78, 5) is 4.51. The number of hydrazone groups is 1. The molecule has 0 saturated carbocycles. The van der Waals surface area contributed by atoms with Gasteiger partial charge in [-0.2, -0.15) is 5.10 Å². The molecular weight excluding hydrogens is 302 g/mol. The number of nitrogens with zero attached hydrogens (tertiary/aromatic N) is 2. The summed E-state index contributed by atoms with van der Waals surface area (Å²) in [7, 11) is 4.92. The first-order valence-electron chi connectivity index (χ1n) is 6.92. The van der Waals surface area contributed by atoms with Crippen molar-refractivity contribution in [3.8, 4) is 11.5 Å². The highest BCUT2D eigenvalue weighted by Gasteiger charge is 2.15. The molecule has 6 nitrogen and oxygen atoms in total. The monoisotopic (exact) mass is 323 g/mol. The van der Waals surface area contributed by atoms with Crippen LogP contribution in [0, 0.1) is 0 Å². The standard InChI is InChI=1S/C15H21N3O3S/c1-10(8-19-2)16-15-18-17-12(9-22-15)11-5-6-13(20-3)14(7-11)21-4/h5-7,10H,8-9H2,1-4H3,(H,16,18)/t10-/m0/s1. The van der Waals surface area contributed by atoms with Crippen LogP contribution in [0.25, 0.3) is 0 Å². The fourth-order valence-electron chi connectivity index (χ4n) is 2.02. The molecule has 1 aliphatic rings. The Morgan fingerprint density at radius 2 is 2.05 bits per heavy atom. The molecule has 1 heterocycles. The van der Waals surface area contributed by atoms with Crippen molar-refractivity contribution in [1.82, 2.24) is 5.43 Å². The summed E-state index contributed by atoms with van der Waals surface area (Å²) in [6.45, 7) is 2.60. The number of nitrogens with one attached hydrogen (secondary N) is 1. The summed E-state index contributed by atoms with van der Waals surface area (Å²) >= 11 is 1.62. The van der Waals surface area contributed by atoms with Gasteiger partial charge in [0, 0.05) is 18.4 Å². The largest absolute Gasteiger partial charge is 0.493 e. The van der Waals surface area contributed by atoms with Crippen LogP contribution >= 0.6 is 11.8 Å². The van der Waals surface area contributed by atoms with Crippen LogP contribution in [0.5, 0.6) is 11.5 Å². The molecule has 1 aromatic rings. The molecule has 0 aromatic heterocycles. The van der Waals surface area contributed by atoms with Gasteiger partial charge in [-0.05, 0) is 25.1 Å². The van der Waals surface area contributed by atoms with Crippen molar-refractivity contribution in [1.29, 1.82) is 0 Å². The smallest absolute Gasteiger partial charge is 0.177 e. The summed E-state index contributed by atoms with van der Waals surface area (Å²) < 4.78 is 15.6. The van der Waals surface area contributed by atoms with E-state index in [1.165, 1.54) is 0 Å². The molecule has 1 aliphatic heterocycles. The van der Waals surface area contributed by atoms with Crippen LogP contribution in [0.3, 0.4) is 0 Å². The van der Waals surface area contributed by atoms with E-state index in [1.807, 2.05) is 25.1 Å². The lowest BCUT2D eigenvalue weighted by molar-refractivity contribution is 0.186. The number of thioether (sulfide) groups is 1. The van der Waals surface area contributed by atoms with Gasteiger partial charge in [-0.1, -0.05) is 11.8 Å². The van der Waals surface area contributed by atoms with E-state index in [9.17, 15) is 0 Å². The molecule has 0 saturated heterocycles. The van der Waals surface area contributed by atoms with E-state index in [-0.39, 0.29) is 6.04 Å². The Morgan fingerprint density at radius 1 is 1.27 bits per heavy atom. The minimum atomic E-state index is 0.109. The molecule has 0 unspecified atom stereocenters. The zero-order valence-corrected chi connectivity index (χ0v) is 14.1. The molecule has 1 N–H and O–H groups in total. The molecule has 0 bridgehead atoms. The number of aliphatic imine (C=N–C) groups is 1. The molecule has 22 heavy (non-hydrogen) atoms. The van der Waals surface area contributed by atoms with Gasteiger partial charge in [0.1, 0.15) is 0 Å². The fraction of sp³-hybridized carbons (Fsp3) is 0.467. The van der Waals surface area contributed by atoms with Gasteiger partial charge in [0.25, 0.3) is 0 Å².